The molecule has 6 aliphatic carbocycles. The van der Waals surface area contributed by atoms with Crippen molar-refractivity contribution in [3.63, 3.8) is 0 Å². The van der Waals surface area contributed by atoms with Crippen LogP contribution in [0.2, 0.25) is 0 Å². The molecular formula is C28H39O2S+. The highest BCUT2D eigenvalue weighted by Gasteiger charge is 2.70. The summed E-state index contributed by atoms with van der Waals surface area (Å²) in [6.07, 6.45) is 6.46. The molecule has 4 bridgehead atoms. The number of benzene rings is 1. The molecule has 6 atom stereocenters. The maximum Gasteiger partial charge on any atom is 0.351 e. The Balaban J connectivity index is 1.54. The van der Waals surface area contributed by atoms with E-state index in [-0.39, 0.29) is 31.9 Å². The van der Waals surface area contributed by atoms with E-state index in [9.17, 15) is 9.59 Å². The molecule has 6 saturated carbocycles. The van der Waals surface area contributed by atoms with E-state index in [0.717, 1.165) is 55.3 Å². The summed E-state index contributed by atoms with van der Waals surface area (Å²) >= 11 is 0. The molecule has 7 rings (SSSR count). The molecule has 1 aromatic carbocycles. The molecule has 168 valence electrons. The normalized spacial score (nSPS) is 42.6. The molecule has 0 aliphatic heterocycles. The predicted molar refractivity (Wildman–Crippen MR) is 128 cm³/mol. The van der Waals surface area contributed by atoms with Crippen molar-refractivity contribution in [3.05, 3.63) is 30.3 Å². The van der Waals surface area contributed by atoms with Gasteiger partial charge in [0, 0.05) is 0 Å². The van der Waals surface area contributed by atoms with E-state index in [1.54, 1.807) is 0 Å². The van der Waals surface area contributed by atoms with Gasteiger partial charge in [-0.3, -0.25) is 0 Å². The van der Waals surface area contributed by atoms with Crippen LogP contribution in [0.1, 0.15) is 80.1 Å². The SMILES string of the molecule is CC1(C(=O)[S+](C(=O)C2(C)CCC3CC2C3(C)C)c2ccccc2)CCC2CC1C2(C)C. The third-order valence-corrected chi connectivity index (χ3v) is 13.2. The van der Waals surface area contributed by atoms with Crippen molar-refractivity contribution >= 4 is 21.1 Å². The lowest BCUT2D eigenvalue weighted by Crippen LogP contribution is -2.63. The Morgan fingerprint density at radius 1 is 0.742 bits per heavy atom. The first-order chi connectivity index (χ1) is 14.4. The zero-order valence-corrected chi connectivity index (χ0v) is 21.0. The van der Waals surface area contributed by atoms with Crippen molar-refractivity contribution in [2.24, 2.45) is 45.3 Å². The van der Waals surface area contributed by atoms with Crippen LogP contribution in [0.25, 0.3) is 0 Å². The van der Waals surface area contributed by atoms with E-state index in [2.05, 4.69) is 41.5 Å². The minimum Gasteiger partial charge on any atom is -0.236 e. The molecule has 0 spiro atoms. The number of fused-ring (bicyclic) bond motifs is 4. The van der Waals surface area contributed by atoms with E-state index in [4.69, 9.17) is 0 Å². The van der Waals surface area contributed by atoms with E-state index in [0.29, 0.717) is 11.8 Å². The highest BCUT2D eigenvalue weighted by atomic mass is 32.2. The van der Waals surface area contributed by atoms with Gasteiger partial charge in [-0.05, 0) is 99.0 Å². The quantitative estimate of drug-likeness (QED) is 0.495. The second-order valence-electron chi connectivity index (χ2n) is 12.7. The third kappa shape index (κ3) is 2.77. The maximum absolute atomic E-state index is 14.4. The molecule has 1 aromatic rings. The van der Waals surface area contributed by atoms with E-state index >= 15 is 0 Å². The molecular weight excluding hydrogens is 400 g/mol. The molecule has 2 nitrogen and oxygen atoms in total. The zero-order chi connectivity index (χ0) is 22.4. The van der Waals surface area contributed by atoms with Gasteiger partial charge in [0.1, 0.15) is 0 Å². The minimum absolute atomic E-state index is 0.218. The summed E-state index contributed by atoms with van der Waals surface area (Å²) in [7, 11) is -0.988. The summed E-state index contributed by atoms with van der Waals surface area (Å²) in [4.78, 5) is 29.8. The monoisotopic (exact) mass is 439 g/mol. The summed E-state index contributed by atoms with van der Waals surface area (Å²) in [5.41, 5.74) is -0.324. The zero-order valence-electron chi connectivity index (χ0n) is 20.2. The first-order valence-corrected chi connectivity index (χ1v) is 13.5. The van der Waals surface area contributed by atoms with Gasteiger partial charge in [0.05, 0.1) is 10.8 Å². The van der Waals surface area contributed by atoms with Crippen LogP contribution in [0, 0.1) is 45.3 Å². The van der Waals surface area contributed by atoms with Gasteiger partial charge in [0.2, 0.25) is 0 Å². The first-order valence-electron chi connectivity index (χ1n) is 12.3. The summed E-state index contributed by atoms with van der Waals surface area (Å²) in [6.45, 7) is 13.8. The highest BCUT2D eigenvalue weighted by molar-refractivity contribution is 8.23. The summed E-state index contributed by atoms with van der Waals surface area (Å²) < 4.78 is 0. The van der Waals surface area contributed by atoms with Crippen LogP contribution in [0.3, 0.4) is 0 Å². The molecule has 0 radical (unpaired) electrons. The van der Waals surface area contributed by atoms with Crippen molar-refractivity contribution < 1.29 is 9.59 Å². The molecule has 0 aromatic heterocycles. The largest absolute Gasteiger partial charge is 0.351 e. The standard InChI is InChI=1S/C28H39O2S/c1-25(2)18-12-14-27(5,21(25)16-18)23(29)31(20-10-8-7-9-11-20)24(30)28(6)15-13-19-17-22(28)26(19,3)4/h7-11,18-19,21-22H,12-17H2,1-6H3/q+1. The molecule has 0 heterocycles. The predicted octanol–water partition coefficient (Wildman–Crippen LogP) is 6.64. The van der Waals surface area contributed by atoms with Crippen molar-refractivity contribution in [3.8, 4) is 0 Å². The Morgan fingerprint density at radius 3 is 1.52 bits per heavy atom. The van der Waals surface area contributed by atoms with Crippen molar-refractivity contribution in [2.45, 2.75) is 85.0 Å². The molecule has 6 unspecified atom stereocenters. The molecule has 0 amide bonds. The highest BCUT2D eigenvalue weighted by Crippen LogP contribution is 2.69. The van der Waals surface area contributed by atoms with Crippen LogP contribution in [0.4, 0.5) is 0 Å². The van der Waals surface area contributed by atoms with Crippen LogP contribution >= 0.6 is 0 Å². The fourth-order valence-electron chi connectivity index (χ4n) is 8.28. The number of rotatable bonds is 3. The molecule has 6 fully saturated rings. The lowest BCUT2D eigenvalue weighted by molar-refractivity contribution is -0.165. The van der Waals surface area contributed by atoms with Gasteiger partial charge >= 0.3 is 10.2 Å². The third-order valence-electron chi connectivity index (χ3n) is 10.8. The van der Waals surface area contributed by atoms with Crippen LogP contribution in [-0.4, -0.2) is 10.2 Å². The van der Waals surface area contributed by atoms with Crippen molar-refractivity contribution in [1.82, 2.24) is 0 Å². The van der Waals surface area contributed by atoms with Gasteiger partial charge in [0.15, 0.2) is 15.8 Å². The topological polar surface area (TPSA) is 34.1 Å². The Bertz CT molecular complexity index is 858. The fraction of sp³-hybridized carbons (Fsp3) is 0.714. The van der Waals surface area contributed by atoms with Gasteiger partial charge in [-0.2, -0.15) is 0 Å². The van der Waals surface area contributed by atoms with Crippen molar-refractivity contribution in [1.29, 1.82) is 0 Å². The average molecular weight is 440 g/mol. The molecule has 0 saturated heterocycles. The Labute approximate surface area is 191 Å². The van der Waals surface area contributed by atoms with Gasteiger partial charge < -0.3 is 0 Å². The van der Waals surface area contributed by atoms with E-state index in [1.807, 2.05) is 30.3 Å². The summed E-state index contributed by atoms with van der Waals surface area (Å²) in [5.74, 6) is 2.30. The van der Waals surface area contributed by atoms with E-state index in [1.165, 1.54) is 0 Å². The lowest BCUT2D eigenvalue weighted by Gasteiger charge is -2.63. The van der Waals surface area contributed by atoms with Gasteiger partial charge in [-0.15, -0.1) is 0 Å². The molecule has 0 N–H and O–H groups in total. The molecule has 6 aliphatic rings. The van der Waals surface area contributed by atoms with Gasteiger partial charge in [-0.1, -0.05) is 45.9 Å². The molecule has 3 heteroatoms. The fourth-order valence-corrected chi connectivity index (χ4v) is 10.7. The average Bonchev–Trinajstić information content (AvgIpc) is 2.74. The van der Waals surface area contributed by atoms with Crippen LogP contribution in [-0.2, 0) is 20.5 Å². The second-order valence-corrected chi connectivity index (χ2v) is 14.5. The van der Waals surface area contributed by atoms with Crippen LogP contribution in [0.5, 0.6) is 0 Å². The maximum atomic E-state index is 14.4. The van der Waals surface area contributed by atoms with E-state index < -0.39 is 10.9 Å². The number of carbonyl (C=O) groups is 2. The van der Waals surface area contributed by atoms with Crippen LogP contribution < -0.4 is 0 Å². The summed E-state index contributed by atoms with van der Waals surface area (Å²) in [6, 6.07) is 10.0. The number of hydrogen-bond acceptors (Lipinski definition) is 2. The smallest absolute Gasteiger partial charge is 0.236 e. The number of hydrogen-bond donors (Lipinski definition) is 0. The Morgan fingerprint density at radius 2 is 1.16 bits per heavy atom. The van der Waals surface area contributed by atoms with Gasteiger partial charge in [0.25, 0.3) is 0 Å². The summed E-state index contributed by atoms with van der Waals surface area (Å²) in [5, 5.41) is 0.473. The van der Waals surface area contributed by atoms with Gasteiger partial charge in [-0.25, -0.2) is 9.59 Å². The Hall–Kier alpha value is -1.09. The van der Waals surface area contributed by atoms with Crippen molar-refractivity contribution in [2.75, 3.05) is 0 Å². The molecule has 31 heavy (non-hydrogen) atoms. The number of carbonyl (C=O) groups excluding carboxylic acids is 2. The second kappa shape index (κ2) is 6.72. The lowest BCUT2D eigenvalue weighted by atomic mass is 9.41. The minimum atomic E-state index is -0.988. The van der Waals surface area contributed by atoms with Crippen LogP contribution in [0.15, 0.2) is 35.2 Å². The Kier molecular flexibility index (Phi) is 4.71. The first kappa shape index (κ1) is 21.7.